The molecule has 0 saturated heterocycles. The number of hydrogen-bond acceptors (Lipinski definition) is 4. The highest BCUT2D eigenvalue weighted by Gasteiger charge is 2.31. The monoisotopic (exact) mass is 273 g/mol. The summed E-state index contributed by atoms with van der Waals surface area (Å²) in [5.41, 5.74) is 4.34. The molecule has 2 aromatic carbocycles. The lowest BCUT2D eigenvalue weighted by Crippen LogP contribution is -2.46. The Hall–Kier alpha value is -2.40. The molecule has 0 saturated carbocycles. The van der Waals surface area contributed by atoms with E-state index in [1.807, 2.05) is 0 Å². The number of carboxylic acids is 1. The van der Waals surface area contributed by atoms with Gasteiger partial charge in [-0.25, -0.2) is 0 Å². The molecule has 5 heteroatoms. The molecule has 5 nitrogen and oxygen atoms in total. The van der Waals surface area contributed by atoms with Crippen LogP contribution in [0.5, 0.6) is 5.75 Å². The van der Waals surface area contributed by atoms with Crippen molar-refractivity contribution in [1.29, 1.82) is 0 Å². The van der Waals surface area contributed by atoms with E-state index in [2.05, 4.69) is 0 Å². The first-order valence-corrected chi connectivity index (χ1v) is 6.09. The fraction of sp³-hybridized carbons (Fsp3) is 0.200. The van der Waals surface area contributed by atoms with Gasteiger partial charge in [0.15, 0.2) is 5.78 Å². The van der Waals surface area contributed by atoms with Crippen LogP contribution in [0.4, 0.5) is 0 Å². The number of carbonyl (C=O) groups is 2. The number of ketones is 1. The van der Waals surface area contributed by atoms with Crippen molar-refractivity contribution < 1.29 is 19.8 Å². The molecule has 104 valence electrons. The summed E-state index contributed by atoms with van der Waals surface area (Å²) in [6.07, 6.45) is -0.308. The highest BCUT2D eigenvalue weighted by molar-refractivity contribution is 6.10. The van der Waals surface area contributed by atoms with Gasteiger partial charge < -0.3 is 15.9 Å². The van der Waals surface area contributed by atoms with Crippen LogP contribution in [0, 0.1) is 0 Å². The molecule has 0 aromatic heterocycles. The van der Waals surface area contributed by atoms with Gasteiger partial charge in [-0.15, -0.1) is 0 Å². The Morgan fingerprint density at radius 1 is 1.15 bits per heavy atom. The molecule has 0 amide bonds. The Bertz CT molecular complexity index is 691. The maximum absolute atomic E-state index is 12.3. The summed E-state index contributed by atoms with van der Waals surface area (Å²) < 4.78 is 0. The molecule has 0 bridgehead atoms. The standard InChI is InChI=1S/C15H15NO4/c1-15(16,14(19)20)8-13(18)11-6-7-12(17)10-5-3-2-4-9(10)11/h2-7,17H,8,16H2,1H3,(H,19,20)/t15-/m0/s1. The van der Waals surface area contributed by atoms with Crippen molar-refractivity contribution in [3.63, 3.8) is 0 Å². The van der Waals surface area contributed by atoms with E-state index >= 15 is 0 Å². The number of hydrogen-bond donors (Lipinski definition) is 3. The van der Waals surface area contributed by atoms with Gasteiger partial charge in [-0.1, -0.05) is 24.3 Å². The minimum atomic E-state index is -1.62. The molecule has 0 unspecified atom stereocenters. The summed E-state index contributed by atoms with van der Waals surface area (Å²) in [4.78, 5) is 23.3. The highest BCUT2D eigenvalue weighted by Crippen LogP contribution is 2.28. The van der Waals surface area contributed by atoms with Crippen LogP contribution in [0.15, 0.2) is 36.4 Å². The van der Waals surface area contributed by atoms with E-state index in [1.54, 1.807) is 24.3 Å². The molecular weight excluding hydrogens is 258 g/mol. The minimum absolute atomic E-state index is 0.0749. The van der Waals surface area contributed by atoms with Crippen LogP contribution in [0.25, 0.3) is 10.8 Å². The molecule has 20 heavy (non-hydrogen) atoms. The van der Waals surface area contributed by atoms with Crippen molar-refractivity contribution in [2.75, 3.05) is 0 Å². The number of benzene rings is 2. The smallest absolute Gasteiger partial charge is 0.323 e. The fourth-order valence-electron chi connectivity index (χ4n) is 2.03. The molecule has 2 rings (SSSR count). The van der Waals surface area contributed by atoms with Crippen LogP contribution in [-0.2, 0) is 4.79 Å². The summed E-state index contributed by atoms with van der Waals surface area (Å²) in [6, 6.07) is 9.80. The van der Waals surface area contributed by atoms with Crippen molar-refractivity contribution in [1.82, 2.24) is 0 Å². The van der Waals surface area contributed by atoms with Crippen LogP contribution in [-0.4, -0.2) is 27.5 Å². The van der Waals surface area contributed by atoms with Gasteiger partial charge in [0.1, 0.15) is 11.3 Å². The Morgan fingerprint density at radius 2 is 1.75 bits per heavy atom. The molecule has 4 N–H and O–H groups in total. The van der Waals surface area contributed by atoms with Gasteiger partial charge in [0, 0.05) is 17.4 Å². The SMILES string of the molecule is C[C@](N)(CC(=O)c1ccc(O)c2ccccc12)C(=O)O. The summed E-state index contributed by atoms with van der Waals surface area (Å²) in [6.45, 7) is 1.30. The van der Waals surface area contributed by atoms with Crippen LogP contribution < -0.4 is 5.73 Å². The van der Waals surface area contributed by atoms with Crippen molar-refractivity contribution in [2.45, 2.75) is 18.9 Å². The van der Waals surface area contributed by atoms with E-state index in [9.17, 15) is 14.7 Å². The topological polar surface area (TPSA) is 101 Å². The van der Waals surface area contributed by atoms with Crippen molar-refractivity contribution in [3.8, 4) is 5.75 Å². The zero-order chi connectivity index (χ0) is 14.9. The van der Waals surface area contributed by atoms with Crippen molar-refractivity contribution in [2.24, 2.45) is 5.73 Å². The number of phenolic OH excluding ortho intramolecular Hbond substituents is 1. The number of carbonyl (C=O) groups excluding carboxylic acids is 1. The second-order valence-corrected chi connectivity index (χ2v) is 5.00. The summed E-state index contributed by atoms with van der Waals surface area (Å²) in [5.74, 6) is -1.52. The molecule has 0 aliphatic carbocycles. The predicted octanol–water partition coefficient (Wildman–Crippen LogP) is 1.92. The zero-order valence-corrected chi connectivity index (χ0v) is 11.0. The Morgan fingerprint density at radius 3 is 2.35 bits per heavy atom. The molecular formula is C15H15NO4. The van der Waals surface area contributed by atoms with E-state index < -0.39 is 11.5 Å². The third-order valence-electron chi connectivity index (χ3n) is 3.22. The minimum Gasteiger partial charge on any atom is -0.507 e. The van der Waals surface area contributed by atoms with E-state index in [-0.39, 0.29) is 18.0 Å². The quantitative estimate of drug-likeness (QED) is 0.739. The Kier molecular flexibility index (Phi) is 3.46. The number of Topliss-reactive ketones (excluding diaryl/α,β-unsaturated/α-hetero) is 1. The first kappa shape index (κ1) is 14.0. The van der Waals surface area contributed by atoms with E-state index in [4.69, 9.17) is 10.8 Å². The van der Waals surface area contributed by atoms with Gasteiger partial charge in [0.2, 0.25) is 0 Å². The third-order valence-corrected chi connectivity index (χ3v) is 3.22. The second kappa shape index (κ2) is 4.94. The highest BCUT2D eigenvalue weighted by atomic mass is 16.4. The Balaban J connectivity index is 2.46. The van der Waals surface area contributed by atoms with Gasteiger partial charge in [-0.3, -0.25) is 9.59 Å². The van der Waals surface area contributed by atoms with Crippen LogP contribution in [0.2, 0.25) is 0 Å². The van der Waals surface area contributed by atoms with E-state index in [1.165, 1.54) is 19.1 Å². The van der Waals surface area contributed by atoms with Gasteiger partial charge in [-0.2, -0.15) is 0 Å². The average Bonchev–Trinajstić information content (AvgIpc) is 2.38. The second-order valence-electron chi connectivity index (χ2n) is 5.00. The number of nitrogens with two attached hydrogens (primary N) is 1. The van der Waals surface area contributed by atoms with Crippen LogP contribution >= 0.6 is 0 Å². The third kappa shape index (κ3) is 2.48. The lowest BCUT2D eigenvalue weighted by atomic mass is 9.91. The van der Waals surface area contributed by atoms with Gasteiger partial charge in [-0.05, 0) is 24.4 Å². The molecule has 0 fully saturated rings. The number of aliphatic carboxylic acids is 1. The number of fused-ring (bicyclic) bond motifs is 1. The lowest BCUT2D eigenvalue weighted by Gasteiger charge is -2.18. The maximum Gasteiger partial charge on any atom is 0.323 e. The maximum atomic E-state index is 12.3. The van der Waals surface area contributed by atoms with Gasteiger partial charge >= 0.3 is 5.97 Å². The van der Waals surface area contributed by atoms with Crippen LogP contribution in [0.1, 0.15) is 23.7 Å². The number of aromatic hydroxyl groups is 1. The molecule has 0 spiro atoms. The Labute approximate surface area is 115 Å². The van der Waals surface area contributed by atoms with E-state index in [0.717, 1.165) is 0 Å². The molecule has 2 aromatic rings. The molecule has 0 aliphatic rings. The van der Waals surface area contributed by atoms with Crippen LogP contribution in [0.3, 0.4) is 0 Å². The molecule has 0 radical (unpaired) electrons. The number of carboxylic acid groups (broad SMARTS) is 1. The normalized spacial score (nSPS) is 13.9. The first-order valence-electron chi connectivity index (χ1n) is 6.09. The zero-order valence-electron chi connectivity index (χ0n) is 11.0. The molecule has 0 aliphatic heterocycles. The largest absolute Gasteiger partial charge is 0.507 e. The lowest BCUT2D eigenvalue weighted by molar-refractivity contribution is -0.142. The summed E-state index contributed by atoms with van der Waals surface area (Å²) in [5, 5.41) is 19.9. The van der Waals surface area contributed by atoms with Crippen molar-refractivity contribution >= 4 is 22.5 Å². The van der Waals surface area contributed by atoms with Gasteiger partial charge in [0.25, 0.3) is 0 Å². The number of rotatable bonds is 4. The van der Waals surface area contributed by atoms with E-state index in [0.29, 0.717) is 16.3 Å². The predicted molar refractivity (Wildman–Crippen MR) is 74.8 cm³/mol. The summed E-state index contributed by atoms with van der Waals surface area (Å²) in [7, 11) is 0. The number of phenols is 1. The molecule has 1 atom stereocenters. The van der Waals surface area contributed by atoms with Gasteiger partial charge in [0.05, 0.1) is 0 Å². The first-order chi connectivity index (χ1) is 9.33. The summed E-state index contributed by atoms with van der Waals surface area (Å²) >= 11 is 0. The van der Waals surface area contributed by atoms with Crippen molar-refractivity contribution in [3.05, 3.63) is 42.0 Å². The molecule has 0 heterocycles. The fourth-order valence-corrected chi connectivity index (χ4v) is 2.03. The average molecular weight is 273 g/mol.